The second kappa shape index (κ2) is 11.4. The van der Waals surface area contributed by atoms with Gasteiger partial charge in [-0.15, -0.1) is 0 Å². The lowest BCUT2D eigenvalue weighted by molar-refractivity contribution is 0.0420. The third-order valence-electron chi connectivity index (χ3n) is 5.98. The summed E-state index contributed by atoms with van der Waals surface area (Å²) in [4.78, 5) is 4.97. The minimum Gasteiger partial charge on any atom is -0.497 e. The van der Waals surface area contributed by atoms with Crippen LogP contribution < -0.4 is 15.4 Å². The quantitative estimate of drug-likeness (QED) is 0.357. The first-order chi connectivity index (χ1) is 14.3. The van der Waals surface area contributed by atoms with Crippen molar-refractivity contribution in [3.63, 3.8) is 0 Å². The summed E-state index contributed by atoms with van der Waals surface area (Å²) in [5.41, 5.74) is 1.46. The molecule has 3 rings (SSSR count). The predicted molar refractivity (Wildman–Crippen MR) is 117 cm³/mol. The monoisotopic (exact) mass is 403 g/mol. The Morgan fingerprint density at radius 2 is 2.14 bits per heavy atom. The van der Waals surface area contributed by atoms with Gasteiger partial charge in [0.2, 0.25) is 0 Å². The molecule has 29 heavy (non-hydrogen) atoms. The Morgan fingerprint density at radius 3 is 2.86 bits per heavy atom. The van der Waals surface area contributed by atoms with Crippen LogP contribution in [0.2, 0.25) is 0 Å². The van der Waals surface area contributed by atoms with E-state index in [4.69, 9.17) is 19.2 Å². The van der Waals surface area contributed by atoms with Gasteiger partial charge >= 0.3 is 0 Å². The fraction of sp³-hybridized carbons (Fsp3) is 0.696. The van der Waals surface area contributed by atoms with Gasteiger partial charge in [0.05, 0.1) is 26.4 Å². The predicted octanol–water partition coefficient (Wildman–Crippen LogP) is 3.26. The maximum absolute atomic E-state index is 5.84. The van der Waals surface area contributed by atoms with E-state index in [0.29, 0.717) is 0 Å². The van der Waals surface area contributed by atoms with E-state index in [9.17, 15) is 0 Å². The molecule has 1 saturated heterocycles. The number of hydrogen-bond acceptors (Lipinski definition) is 4. The largest absolute Gasteiger partial charge is 0.497 e. The van der Waals surface area contributed by atoms with E-state index in [1.807, 2.05) is 6.07 Å². The van der Waals surface area contributed by atoms with Gasteiger partial charge in [-0.2, -0.15) is 0 Å². The molecule has 1 aromatic rings. The van der Waals surface area contributed by atoms with Crippen molar-refractivity contribution in [3.8, 4) is 5.75 Å². The normalized spacial score (nSPS) is 21.3. The molecule has 2 fully saturated rings. The number of nitrogens with zero attached hydrogens (tertiary/aromatic N) is 1. The highest BCUT2D eigenvalue weighted by atomic mass is 16.5. The maximum atomic E-state index is 5.84. The Balaban J connectivity index is 1.54. The molecule has 6 nitrogen and oxygen atoms in total. The van der Waals surface area contributed by atoms with E-state index in [1.165, 1.54) is 31.2 Å². The zero-order valence-electron chi connectivity index (χ0n) is 18.0. The number of guanidine groups is 1. The van der Waals surface area contributed by atoms with Crippen LogP contribution in [0.5, 0.6) is 5.75 Å². The average Bonchev–Trinajstić information content (AvgIpc) is 3.44. The Morgan fingerprint density at radius 1 is 1.28 bits per heavy atom. The first kappa shape index (κ1) is 21.9. The molecule has 1 aromatic carbocycles. The van der Waals surface area contributed by atoms with E-state index in [-0.39, 0.29) is 11.5 Å². The Hall–Kier alpha value is -1.79. The molecule has 1 unspecified atom stereocenters. The van der Waals surface area contributed by atoms with Gasteiger partial charge in [-0.05, 0) is 50.3 Å². The number of benzene rings is 1. The summed E-state index contributed by atoms with van der Waals surface area (Å²) in [5.74, 6) is 1.82. The third-order valence-corrected chi connectivity index (χ3v) is 5.98. The highest BCUT2D eigenvalue weighted by molar-refractivity contribution is 5.79. The summed E-state index contributed by atoms with van der Waals surface area (Å²) in [6, 6.07) is 8.52. The fourth-order valence-corrected chi connectivity index (χ4v) is 4.29. The standard InChI is InChI=1S/C23H37N3O3/c1-3-24-22(25-13-7-14-29-21-10-15-28-17-21)26-18-23(11-4-5-12-23)19-8-6-9-20(16-19)27-2/h6,8-9,16,21H,3-5,7,10-15,17-18H2,1-2H3,(H2,24,25,26). The van der Waals surface area contributed by atoms with Crippen LogP contribution in [0.25, 0.3) is 0 Å². The summed E-state index contributed by atoms with van der Waals surface area (Å²) in [5, 5.41) is 6.85. The Kier molecular flexibility index (Phi) is 8.62. The van der Waals surface area contributed by atoms with Gasteiger partial charge in [-0.3, -0.25) is 4.99 Å². The first-order valence-electron chi connectivity index (χ1n) is 11.1. The van der Waals surface area contributed by atoms with Crippen LogP contribution in [0.15, 0.2) is 29.3 Å². The molecule has 0 amide bonds. The second-order valence-corrected chi connectivity index (χ2v) is 8.05. The molecule has 1 aliphatic carbocycles. The minimum atomic E-state index is 0.114. The topological polar surface area (TPSA) is 64.1 Å². The van der Waals surface area contributed by atoms with Gasteiger partial charge < -0.3 is 24.8 Å². The van der Waals surface area contributed by atoms with Crippen LogP contribution >= 0.6 is 0 Å². The molecule has 1 aliphatic heterocycles. The molecule has 0 bridgehead atoms. The smallest absolute Gasteiger partial charge is 0.191 e. The summed E-state index contributed by atoms with van der Waals surface area (Å²) < 4.78 is 16.6. The van der Waals surface area contributed by atoms with Gasteiger partial charge in [-0.25, -0.2) is 0 Å². The van der Waals surface area contributed by atoms with Crippen LogP contribution in [0.4, 0.5) is 0 Å². The summed E-state index contributed by atoms with van der Waals surface area (Å²) in [6.07, 6.45) is 7.15. The van der Waals surface area contributed by atoms with E-state index in [0.717, 1.165) is 64.0 Å². The lowest BCUT2D eigenvalue weighted by Gasteiger charge is -2.28. The van der Waals surface area contributed by atoms with Crippen molar-refractivity contribution < 1.29 is 14.2 Å². The van der Waals surface area contributed by atoms with Gasteiger partial charge in [0, 0.05) is 31.7 Å². The zero-order chi connectivity index (χ0) is 20.4. The first-order valence-corrected chi connectivity index (χ1v) is 11.1. The molecule has 0 radical (unpaired) electrons. The van der Waals surface area contributed by atoms with Gasteiger partial charge in [0.25, 0.3) is 0 Å². The molecule has 1 heterocycles. The second-order valence-electron chi connectivity index (χ2n) is 8.05. The lowest BCUT2D eigenvalue weighted by atomic mass is 9.79. The van der Waals surface area contributed by atoms with Crippen LogP contribution in [0, 0.1) is 0 Å². The van der Waals surface area contributed by atoms with Crippen LogP contribution in [0.3, 0.4) is 0 Å². The molecule has 1 saturated carbocycles. The number of methoxy groups -OCH3 is 1. The molecule has 6 heteroatoms. The number of ether oxygens (including phenoxy) is 3. The molecule has 0 aromatic heterocycles. The Bertz CT molecular complexity index is 638. The molecule has 162 valence electrons. The summed E-state index contributed by atoms with van der Waals surface area (Å²) in [6.45, 7) is 6.94. The molecule has 0 spiro atoms. The third kappa shape index (κ3) is 6.34. The van der Waals surface area contributed by atoms with E-state index in [2.05, 4.69) is 35.8 Å². The van der Waals surface area contributed by atoms with Crippen molar-refractivity contribution in [1.29, 1.82) is 0 Å². The van der Waals surface area contributed by atoms with E-state index >= 15 is 0 Å². The number of nitrogens with one attached hydrogen (secondary N) is 2. The van der Waals surface area contributed by atoms with Gasteiger partial charge in [-0.1, -0.05) is 25.0 Å². The fourth-order valence-electron chi connectivity index (χ4n) is 4.29. The van der Waals surface area contributed by atoms with Crippen LogP contribution in [0.1, 0.15) is 51.0 Å². The van der Waals surface area contributed by atoms with Crippen molar-refractivity contribution in [3.05, 3.63) is 29.8 Å². The molecule has 2 N–H and O–H groups in total. The van der Waals surface area contributed by atoms with Crippen molar-refractivity contribution in [2.45, 2.75) is 57.0 Å². The lowest BCUT2D eigenvalue weighted by Crippen LogP contribution is -2.39. The molecule has 2 aliphatic rings. The SMILES string of the molecule is CCNC(=NCC1(c2cccc(OC)c2)CCCC1)NCCCOC1CCOC1. The van der Waals surface area contributed by atoms with Crippen molar-refractivity contribution in [2.24, 2.45) is 4.99 Å². The average molecular weight is 404 g/mol. The molecular formula is C23H37N3O3. The number of hydrogen-bond donors (Lipinski definition) is 2. The van der Waals surface area contributed by atoms with Gasteiger partial charge in [0.1, 0.15) is 5.75 Å². The molecular weight excluding hydrogens is 366 g/mol. The zero-order valence-corrected chi connectivity index (χ0v) is 18.0. The van der Waals surface area contributed by atoms with Crippen molar-refractivity contribution in [1.82, 2.24) is 10.6 Å². The summed E-state index contributed by atoms with van der Waals surface area (Å²) >= 11 is 0. The summed E-state index contributed by atoms with van der Waals surface area (Å²) in [7, 11) is 1.73. The highest BCUT2D eigenvalue weighted by Crippen LogP contribution is 2.42. The maximum Gasteiger partial charge on any atom is 0.191 e. The number of rotatable bonds is 10. The van der Waals surface area contributed by atoms with E-state index in [1.54, 1.807) is 7.11 Å². The van der Waals surface area contributed by atoms with Crippen molar-refractivity contribution >= 4 is 5.96 Å². The highest BCUT2D eigenvalue weighted by Gasteiger charge is 2.35. The van der Waals surface area contributed by atoms with Crippen LogP contribution in [-0.2, 0) is 14.9 Å². The van der Waals surface area contributed by atoms with E-state index < -0.39 is 0 Å². The van der Waals surface area contributed by atoms with Crippen LogP contribution in [-0.4, -0.2) is 58.6 Å². The Labute approximate surface area is 175 Å². The van der Waals surface area contributed by atoms with Gasteiger partial charge in [0.15, 0.2) is 5.96 Å². The number of aliphatic imine (C=N–C) groups is 1. The molecule has 1 atom stereocenters. The minimum absolute atomic E-state index is 0.114. The van der Waals surface area contributed by atoms with Crippen molar-refractivity contribution in [2.75, 3.05) is 46.6 Å².